The Labute approximate surface area is 110 Å². The second kappa shape index (κ2) is 6.36. The Morgan fingerprint density at radius 1 is 1.37 bits per heavy atom. The van der Waals surface area contributed by atoms with Gasteiger partial charge in [-0.25, -0.2) is 0 Å². The van der Waals surface area contributed by atoms with E-state index in [2.05, 4.69) is 5.32 Å². The zero-order chi connectivity index (χ0) is 13.7. The third-order valence-electron chi connectivity index (χ3n) is 2.95. The van der Waals surface area contributed by atoms with Gasteiger partial charge in [-0.2, -0.15) is 0 Å². The first-order chi connectivity index (χ1) is 9.16. The summed E-state index contributed by atoms with van der Waals surface area (Å²) in [5.74, 6) is -0.889. The van der Waals surface area contributed by atoms with Crippen molar-refractivity contribution in [2.24, 2.45) is 0 Å². The van der Waals surface area contributed by atoms with E-state index in [9.17, 15) is 9.90 Å². The number of aliphatic hydroxyl groups excluding tert-OH is 1. The van der Waals surface area contributed by atoms with Crippen molar-refractivity contribution < 1.29 is 19.4 Å². The van der Waals surface area contributed by atoms with E-state index in [0.717, 1.165) is 16.5 Å². The van der Waals surface area contributed by atoms with Crippen LogP contribution in [0.2, 0.25) is 0 Å². The molecule has 0 saturated heterocycles. The van der Waals surface area contributed by atoms with Gasteiger partial charge in [0.25, 0.3) is 0 Å². The lowest BCUT2D eigenvalue weighted by molar-refractivity contribution is -0.137. The Balaban J connectivity index is 1.81. The van der Waals surface area contributed by atoms with Crippen LogP contribution in [0.15, 0.2) is 34.9 Å². The first-order valence-corrected chi connectivity index (χ1v) is 6.22. The Morgan fingerprint density at radius 3 is 2.95 bits per heavy atom. The summed E-state index contributed by atoms with van der Waals surface area (Å²) in [5.41, 5.74) is 1.87. The van der Waals surface area contributed by atoms with E-state index in [1.54, 1.807) is 6.26 Å². The molecule has 0 aliphatic heterocycles. The van der Waals surface area contributed by atoms with Gasteiger partial charge in [-0.3, -0.25) is 4.79 Å². The summed E-state index contributed by atoms with van der Waals surface area (Å²) in [4.78, 5) is 10.4. The van der Waals surface area contributed by atoms with Crippen molar-refractivity contribution in [2.45, 2.75) is 25.5 Å². The summed E-state index contributed by atoms with van der Waals surface area (Å²) in [6.07, 6.45) is 1.29. The highest BCUT2D eigenvalue weighted by Gasteiger charge is 2.08. The maximum atomic E-state index is 10.4. The molecule has 0 aliphatic carbocycles. The molecule has 19 heavy (non-hydrogen) atoms. The largest absolute Gasteiger partial charge is 0.481 e. The number of rotatable bonds is 7. The number of furan rings is 1. The van der Waals surface area contributed by atoms with Crippen molar-refractivity contribution in [2.75, 3.05) is 6.54 Å². The number of aliphatic carboxylic acids is 1. The molecule has 1 heterocycles. The second-order valence-corrected chi connectivity index (χ2v) is 4.47. The van der Waals surface area contributed by atoms with Crippen LogP contribution in [0.5, 0.6) is 0 Å². The van der Waals surface area contributed by atoms with Crippen molar-refractivity contribution >= 4 is 16.9 Å². The zero-order valence-corrected chi connectivity index (χ0v) is 10.5. The first-order valence-electron chi connectivity index (χ1n) is 6.22. The number of nitrogens with one attached hydrogen (secondary N) is 1. The topological polar surface area (TPSA) is 82.7 Å². The van der Waals surface area contributed by atoms with Gasteiger partial charge in [0.2, 0.25) is 0 Å². The molecule has 2 aromatic rings. The number of fused-ring (bicyclic) bond motifs is 1. The van der Waals surface area contributed by atoms with Crippen molar-refractivity contribution in [1.29, 1.82) is 0 Å². The number of carboxylic acid groups (broad SMARTS) is 1. The van der Waals surface area contributed by atoms with E-state index < -0.39 is 12.1 Å². The number of aliphatic hydroxyl groups is 1. The molecule has 0 radical (unpaired) electrons. The van der Waals surface area contributed by atoms with E-state index in [-0.39, 0.29) is 12.8 Å². The molecule has 1 aromatic carbocycles. The summed E-state index contributed by atoms with van der Waals surface area (Å²) < 4.78 is 5.41. The lowest BCUT2D eigenvalue weighted by atomic mass is 10.1. The number of hydrogen-bond acceptors (Lipinski definition) is 4. The number of hydrogen-bond donors (Lipinski definition) is 3. The van der Waals surface area contributed by atoms with Crippen LogP contribution < -0.4 is 5.32 Å². The Bertz CT molecular complexity index is 549. The quantitative estimate of drug-likeness (QED) is 0.709. The van der Waals surface area contributed by atoms with Crippen LogP contribution in [0.3, 0.4) is 0 Å². The summed E-state index contributed by atoms with van der Waals surface area (Å²) in [6.45, 7) is 0.952. The van der Waals surface area contributed by atoms with Crippen LogP contribution in [0.25, 0.3) is 11.0 Å². The van der Waals surface area contributed by atoms with Crippen molar-refractivity contribution in [3.63, 3.8) is 0 Å². The summed E-state index contributed by atoms with van der Waals surface area (Å²) >= 11 is 0. The van der Waals surface area contributed by atoms with Crippen LogP contribution in [0.4, 0.5) is 0 Å². The van der Waals surface area contributed by atoms with Crippen LogP contribution in [-0.4, -0.2) is 28.8 Å². The summed E-state index contributed by atoms with van der Waals surface area (Å²) in [7, 11) is 0. The number of para-hydroxylation sites is 1. The molecule has 0 aliphatic rings. The fourth-order valence-electron chi connectivity index (χ4n) is 1.94. The van der Waals surface area contributed by atoms with E-state index in [1.807, 2.05) is 24.3 Å². The minimum absolute atomic E-state index is 0.0164. The average molecular weight is 263 g/mol. The average Bonchev–Trinajstić information content (AvgIpc) is 2.80. The molecule has 1 unspecified atom stereocenters. The van der Waals surface area contributed by atoms with E-state index in [4.69, 9.17) is 9.52 Å². The molecular formula is C14H17NO4. The third kappa shape index (κ3) is 3.81. The maximum Gasteiger partial charge on any atom is 0.303 e. The van der Waals surface area contributed by atoms with Crippen LogP contribution in [0.1, 0.15) is 18.4 Å². The van der Waals surface area contributed by atoms with Crippen molar-refractivity contribution in [1.82, 2.24) is 5.32 Å². The van der Waals surface area contributed by atoms with Gasteiger partial charge in [0.05, 0.1) is 12.4 Å². The molecule has 0 bridgehead atoms. The van der Waals surface area contributed by atoms with E-state index in [0.29, 0.717) is 13.1 Å². The molecular weight excluding hydrogens is 246 g/mol. The van der Waals surface area contributed by atoms with Gasteiger partial charge in [0.1, 0.15) is 5.58 Å². The molecule has 3 N–H and O–H groups in total. The number of carboxylic acids is 1. The number of benzene rings is 1. The molecule has 0 saturated carbocycles. The standard InChI is InChI=1S/C14H17NO4/c16-11(5-6-14(17)18)8-15-7-10-9-19-13-4-2-1-3-12(10)13/h1-4,9,11,15-16H,5-8H2,(H,17,18). The summed E-state index contributed by atoms with van der Waals surface area (Å²) in [5, 5.41) is 22.3. The van der Waals surface area contributed by atoms with E-state index >= 15 is 0 Å². The fourth-order valence-corrected chi connectivity index (χ4v) is 1.94. The molecule has 0 spiro atoms. The van der Waals surface area contributed by atoms with Gasteiger partial charge >= 0.3 is 5.97 Å². The monoisotopic (exact) mass is 263 g/mol. The van der Waals surface area contributed by atoms with Gasteiger partial charge in [0, 0.05) is 30.5 Å². The Morgan fingerprint density at radius 2 is 2.16 bits per heavy atom. The van der Waals surface area contributed by atoms with Gasteiger partial charge in [-0.05, 0) is 12.5 Å². The lowest BCUT2D eigenvalue weighted by Gasteiger charge is -2.09. The van der Waals surface area contributed by atoms with Gasteiger partial charge in [-0.1, -0.05) is 18.2 Å². The van der Waals surface area contributed by atoms with Gasteiger partial charge < -0.3 is 19.9 Å². The molecule has 1 aromatic heterocycles. The highest BCUT2D eigenvalue weighted by atomic mass is 16.4. The molecule has 0 fully saturated rings. The van der Waals surface area contributed by atoms with Gasteiger partial charge in [0.15, 0.2) is 0 Å². The minimum Gasteiger partial charge on any atom is -0.481 e. The Hall–Kier alpha value is -1.85. The van der Waals surface area contributed by atoms with Crippen LogP contribution >= 0.6 is 0 Å². The van der Waals surface area contributed by atoms with Crippen LogP contribution in [-0.2, 0) is 11.3 Å². The zero-order valence-electron chi connectivity index (χ0n) is 10.5. The lowest BCUT2D eigenvalue weighted by Crippen LogP contribution is -2.26. The normalized spacial score (nSPS) is 12.7. The summed E-state index contributed by atoms with van der Waals surface area (Å²) in [6, 6.07) is 7.75. The van der Waals surface area contributed by atoms with Crippen LogP contribution in [0, 0.1) is 0 Å². The minimum atomic E-state index is -0.889. The molecule has 0 amide bonds. The smallest absolute Gasteiger partial charge is 0.303 e. The Kier molecular flexibility index (Phi) is 4.54. The fraction of sp³-hybridized carbons (Fsp3) is 0.357. The second-order valence-electron chi connectivity index (χ2n) is 4.47. The third-order valence-corrected chi connectivity index (χ3v) is 2.95. The molecule has 1 atom stereocenters. The SMILES string of the molecule is O=C(O)CCC(O)CNCc1coc2ccccc12. The van der Waals surface area contributed by atoms with Gasteiger partial charge in [-0.15, -0.1) is 0 Å². The van der Waals surface area contributed by atoms with Crippen molar-refractivity contribution in [3.05, 3.63) is 36.1 Å². The molecule has 2 rings (SSSR count). The predicted octanol–water partition coefficient (Wildman–Crippen LogP) is 1.75. The predicted molar refractivity (Wildman–Crippen MR) is 70.8 cm³/mol. The number of carbonyl (C=O) groups is 1. The molecule has 102 valence electrons. The maximum absolute atomic E-state index is 10.4. The van der Waals surface area contributed by atoms with E-state index in [1.165, 1.54) is 0 Å². The first kappa shape index (κ1) is 13.6. The van der Waals surface area contributed by atoms with Crippen molar-refractivity contribution in [3.8, 4) is 0 Å². The molecule has 5 heteroatoms. The molecule has 5 nitrogen and oxygen atoms in total. The highest BCUT2D eigenvalue weighted by molar-refractivity contribution is 5.80. The highest BCUT2D eigenvalue weighted by Crippen LogP contribution is 2.20.